The van der Waals surface area contributed by atoms with Crippen molar-refractivity contribution < 1.29 is 14.6 Å². The van der Waals surface area contributed by atoms with Gasteiger partial charge in [0, 0.05) is 18.9 Å². The first-order valence-corrected chi connectivity index (χ1v) is 4.77. The molecule has 5 atom stereocenters. The zero-order valence-corrected chi connectivity index (χ0v) is 6.98. The van der Waals surface area contributed by atoms with Crippen molar-refractivity contribution in [2.45, 2.75) is 31.2 Å². The summed E-state index contributed by atoms with van der Waals surface area (Å²) in [7, 11) is 0. The summed E-state index contributed by atoms with van der Waals surface area (Å²) in [6, 6.07) is 0. The van der Waals surface area contributed by atoms with E-state index in [-0.39, 0.29) is 12.2 Å². The molecular weight excluding hydrogens is 156 g/mol. The maximum Gasteiger partial charge on any atom is 0.0830 e. The zero-order valence-electron chi connectivity index (χ0n) is 6.98. The molecule has 68 valence electrons. The van der Waals surface area contributed by atoms with Crippen molar-refractivity contribution in [3.05, 3.63) is 0 Å². The largest absolute Gasteiger partial charge is 0.390 e. The molecule has 3 nitrogen and oxygen atoms in total. The molecule has 3 heteroatoms. The van der Waals surface area contributed by atoms with Gasteiger partial charge in [0.1, 0.15) is 0 Å². The molecule has 0 aromatic heterocycles. The van der Waals surface area contributed by atoms with E-state index in [0.29, 0.717) is 24.5 Å². The van der Waals surface area contributed by atoms with Crippen LogP contribution in [0.5, 0.6) is 0 Å². The second-order valence-corrected chi connectivity index (χ2v) is 4.11. The molecule has 1 aliphatic carbocycles. The summed E-state index contributed by atoms with van der Waals surface area (Å²) in [6.45, 7) is 1.42. The SMILES string of the molecule is O[C@H]1CO[C@H]2C[C@H]3OCC[C@H]3[C@H]21. The number of aliphatic hydroxyl groups excluding tert-OH is 1. The van der Waals surface area contributed by atoms with Gasteiger partial charge in [0.05, 0.1) is 24.9 Å². The maximum atomic E-state index is 9.67. The third-order valence-corrected chi connectivity index (χ3v) is 3.57. The van der Waals surface area contributed by atoms with Crippen LogP contribution in [0.4, 0.5) is 0 Å². The fourth-order valence-electron chi connectivity index (χ4n) is 3.06. The Hall–Kier alpha value is -0.120. The molecule has 3 fully saturated rings. The van der Waals surface area contributed by atoms with E-state index in [0.717, 1.165) is 19.4 Å². The minimum Gasteiger partial charge on any atom is -0.390 e. The Morgan fingerprint density at radius 2 is 2.08 bits per heavy atom. The molecule has 0 radical (unpaired) electrons. The highest BCUT2D eigenvalue weighted by Gasteiger charge is 2.53. The van der Waals surface area contributed by atoms with E-state index in [1.807, 2.05) is 0 Å². The Bertz CT molecular complexity index is 194. The third-order valence-electron chi connectivity index (χ3n) is 3.57. The Balaban J connectivity index is 1.85. The standard InChI is InChI=1S/C9H14O3/c10-6-4-12-8-3-7-5(9(6)8)1-2-11-7/h5-10H,1-4H2/t5-,6+,7-,8+,9+/m1/s1. The van der Waals surface area contributed by atoms with Crippen LogP contribution in [0.15, 0.2) is 0 Å². The van der Waals surface area contributed by atoms with E-state index in [1.54, 1.807) is 0 Å². The van der Waals surface area contributed by atoms with Crippen molar-refractivity contribution >= 4 is 0 Å². The summed E-state index contributed by atoms with van der Waals surface area (Å²) in [5, 5.41) is 9.67. The fraction of sp³-hybridized carbons (Fsp3) is 1.00. The van der Waals surface area contributed by atoms with Crippen molar-refractivity contribution in [2.24, 2.45) is 11.8 Å². The van der Waals surface area contributed by atoms with Gasteiger partial charge < -0.3 is 14.6 Å². The van der Waals surface area contributed by atoms with Gasteiger partial charge in [-0.3, -0.25) is 0 Å². The number of hydrogen-bond acceptors (Lipinski definition) is 3. The van der Waals surface area contributed by atoms with Gasteiger partial charge in [-0.25, -0.2) is 0 Å². The molecule has 2 heterocycles. The van der Waals surface area contributed by atoms with E-state index < -0.39 is 0 Å². The molecule has 0 unspecified atom stereocenters. The van der Waals surface area contributed by atoms with Crippen molar-refractivity contribution in [1.29, 1.82) is 0 Å². The van der Waals surface area contributed by atoms with Gasteiger partial charge in [0.25, 0.3) is 0 Å². The summed E-state index contributed by atoms with van der Waals surface area (Å²) in [5.74, 6) is 0.949. The van der Waals surface area contributed by atoms with Crippen LogP contribution in [-0.4, -0.2) is 36.6 Å². The lowest BCUT2D eigenvalue weighted by molar-refractivity contribution is 0.0413. The second kappa shape index (κ2) is 2.44. The van der Waals surface area contributed by atoms with Gasteiger partial charge >= 0.3 is 0 Å². The van der Waals surface area contributed by atoms with E-state index in [2.05, 4.69) is 0 Å². The van der Waals surface area contributed by atoms with Gasteiger partial charge in [0.15, 0.2) is 0 Å². The summed E-state index contributed by atoms with van der Waals surface area (Å²) < 4.78 is 11.1. The normalized spacial score (nSPS) is 57.2. The zero-order chi connectivity index (χ0) is 8.13. The minimum absolute atomic E-state index is 0.230. The van der Waals surface area contributed by atoms with Crippen LogP contribution in [0.1, 0.15) is 12.8 Å². The van der Waals surface area contributed by atoms with Crippen LogP contribution in [0.3, 0.4) is 0 Å². The average Bonchev–Trinajstić information content (AvgIpc) is 2.61. The molecule has 0 aromatic carbocycles. The van der Waals surface area contributed by atoms with E-state index in [1.165, 1.54) is 0 Å². The van der Waals surface area contributed by atoms with Crippen molar-refractivity contribution in [3.63, 3.8) is 0 Å². The summed E-state index contributed by atoms with van der Waals surface area (Å²) in [5.41, 5.74) is 0. The van der Waals surface area contributed by atoms with Gasteiger partial charge in [0.2, 0.25) is 0 Å². The molecule has 0 amide bonds. The van der Waals surface area contributed by atoms with Gasteiger partial charge in [-0.1, -0.05) is 0 Å². The van der Waals surface area contributed by atoms with E-state index in [4.69, 9.17) is 9.47 Å². The quantitative estimate of drug-likeness (QED) is 0.563. The lowest BCUT2D eigenvalue weighted by Gasteiger charge is -2.17. The lowest BCUT2D eigenvalue weighted by Crippen LogP contribution is -2.26. The molecule has 3 aliphatic rings. The fourth-order valence-corrected chi connectivity index (χ4v) is 3.06. The smallest absolute Gasteiger partial charge is 0.0830 e. The molecule has 1 N–H and O–H groups in total. The van der Waals surface area contributed by atoms with Crippen LogP contribution >= 0.6 is 0 Å². The van der Waals surface area contributed by atoms with Crippen LogP contribution in [0.25, 0.3) is 0 Å². The van der Waals surface area contributed by atoms with E-state index >= 15 is 0 Å². The molecule has 0 bridgehead atoms. The van der Waals surface area contributed by atoms with Crippen LogP contribution in [0.2, 0.25) is 0 Å². The van der Waals surface area contributed by atoms with Gasteiger partial charge in [-0.05, 0) is 12.3 Å². The lowest BCUT2D eigenvalue weighted by atomic mass is 9.89. The van der Waals surface area contributed by atoms with Crippen LogP contribution in [-0.2, 0) is 9.47 Å². The number of ether oxygens (including phenoxy) is 2. The maximum absolute atomic E-state index is 9.67. The predicted octanol–water partition coefficient (Wildman–Crippen LogP) is 0.171. The second-order valence-electron chi connectivity index (χ2n) is 4.11. The topological polar surface area (TPSA) is 38.7 Å². The highest BCUT2D eigenvalue weighted by atomic mass is 16.5. The van der Waals surface area contributed by atoms with E-state index in [9.17, 15) is 5.11 Å². The van der Waals surface area contributed by atoms with Gasteiger partial charge in [-0.15, -0.1) is 0 Å². The average molecular weight is 170 g/mol. The summed E-state index contributed by atoms with van der Waals surface area (Å²) >= 11 is 0. The van der Waals surface area contributed by atoms with Crippen molar-refractivity contribution in [3.8, 4) is 0 Å². The molecule has 0 aromatic rings. The first-order chi connectivity index (χ1) is 5.86. The molecule has 2 saturated heterocycles. The Kier molecular flexibility index (Phi) is 1.48. The van der Waals surface area contributed by atoms with Crippen LogP contribution < -0.4 is 0 Å². The third kappa shape index (κ3) is 0.817. The minimum atomic E-state index is -0.230. The molecule has 3 rings (SSSR count). The highest BCUT2D eigenvalue weighted by molar-refractivity contribution is 5.01. The van der Waals surface area contributed by atoms with Gasteiger partial charge in [-0.2, -0.15) is 0 Å². The first-order valence-electron chi connectivity index (χ1n) is 4.77. The Labute approximate surface area is 71.7 Å². The molecule has 2 aliphatic heterocycles. The highest BCUT2D eigenvalue weighted by Crippen LogP contribution is 2.46. The first kappa shape index (κ1) is 7.30. The predicted molar refractivity (Wildman–Crippen MR) is 41.7 cm³/mol. The molecule has 12 heavy (non-hydrogen) atoms. The molecule has 1 saturated carbocycles. The van der Waals surface area contributed by atoms with Crippen molar-refractivity contribution in [2.75, 3.05) is 13.2 Å². The molecular formula is C9H14O3. The monoisotopic (exact) mass is 170 g/mol. The summed E-state index contributed by atoms with van der Waals surface area (Å²) in [4.78, 5) is 0. The summed E-state index contributed by atoms with van der Waals surface area (Å²) in [6.07, 6.45) is 2.57. The molecule has 0 spiro atoms. The number of rotatable bonds is 0. The number of fused-ring (bicyclic) bond motifs is 3. The Morgan fingerprint density at radius 1 is 1.17 bits per heavy atom. The number of aliphatic hydroxyl groups is 1. The van der Waals surface area contributed by atoms with Crippen molar-refractivity contribution in [1.82, 2.24) is 0 Å². The van der Waals surface area contributed by atoms with Crippen LogP contribution in [0, 0.1) is 11.8 Å². The number of hydrogen-bond donors (Lipinski definition) is 1. The Morgan fingerprint density at radius 3 is 3.00 bits per heavy atom.